The number of ether oxygens (including phenoxy) is 1. The van der Waals surface area contributed by atoms with Gasteiger partial charge in [0.15, 0.2) is 6.61 Å². The average Bonchev–Trinajstić information content (AvgIpc) is 2.69. The molecule has 1 aliphatic heterocycles. The highest BCUT2D eigenvalue weighted by Crippen LogP contribution is 2.18. The van der Waals surface area contributed by atoms with Crippen LogP contribution in [0.25, 0.3) is 0 Å². The molecule has 2 aromatic carbocycles. The molecule has 0 radical (unpaired) electrons. The summed E-state index contributed by atoms with van der Waals surface area (Å²) >= 11 is 0. The first kappa shape index (κ1) is 19.4. The number of hydrogen-bond acceptors (Lipinski definition) is 2. The molecule has 27 heavy (non-hydrogen) atoms. The highest BCUT2D eigenvalue weighted by Gasteiger charge is 2.16. The van der Waals surface area contributed by atoms with E-state index in [1.165, 1.54) is 43.5 Å². The Hall–Kier alpha value is -2.33. The number of aryl methyl sites for hydroxylation is 2. The predicted molar refractivity (Wildman–Crippen MR) is 108 cm³/mol. The molecule has 0 atom stereocenters. The van der Waals surface area contributed by atoms with Crippen LogP contribution in [0.15, 0.2) is 42.5 Å². The molecule has 2 N–H and O–H groups in total. The summed E-state index contributed by atoms with van der Waals surface area (Å²) in [6.07, 6.45) is 4.01. The maximum Gasteiger partial charge on any atom is 0.258 e. The number of piperidine rings is 1. The van der Waals surface area contributed by atoms with Crippen molar-refractivity contribution in [1.29, 1.82) is 0 Å². The maximum absolute atomic E-state index is 12.2. The van der Waals surface area contributed by atoms with Crippen LogP contribution in [0.2, 0.25) is 0 Å². The summed E-state index contributed by atoms with van der Waals surface area (Å²) in [6, 6.07) is 14.5. The first-order valence-corrected chi connectivity index (χ1v) is 9.99. The van der Waals surface area contributed by atoms with Crippen LogP contribution in [-0.2, 0) is 17.9 Å². The summed E-state index contributed by atoms with van der Waals surface area (Å²) in [5, 5.41) is 3.01. The van der Waals surface area contributed by atoms with E-state index in [9.17, 15) is 4.79 Å². The van der Waals surface area contributed by atoms with E-state index in [1.807, 2.05) is 38.1 Å². The van der Waals surface area contributed by atoms with Crippen molar-refractivity contribution >= 4 is 5.91 Å². The lowest BCUT2D eigenvalue weighted by atomic mass is 10.0. The van der Waals surface area contributed by atoms with Gasteiger partial charge in [0.1, 0.15) is 12.3 Å². The van der Waals surface area contributed by atoms with Gasteiger partial charge in [0.05, 0.1) is 13.1 Å². The Morgan fingerprint density at radius 1 is 1.04 bits per heavy atom. The number of benzene rings is 2. The Labute approximate surface area is 162 Å². The van der Waals surface area contributed by atoms with E-state index in [-0.39, 0.29) is 12.5 Å². The Bertz CT molecular complexity index is 767. The molecule has 0 unspecified atom stereocenters. The Morgan fingerprint density at radius 2 is 1.78 bits per heavy atom. The van der Waals surface area contributed by atoms with Gasteiger partial charge in [-0.3, -0.25) is 4.79 Å². The molecule has 2 aromatic rings. The summed E-state index contributed by atoms with van der Waals surface area (Å²) in [5.41, 5.74) is 4.72. The number of carbonyl (C=O) groups is 1. The second-order valence-electron chi connectivity index (χ2n) is 7.59. The molecule has 0 spiro atoms. The molecule has 144 valence electrons. The molecule has 1 saturated heterocycles. The van der Waals surface area contributed by atoms with Gasteiger partial charge < -0.3 is 15.0 Å². The molecule has 0 saturated carbocycles. The summed E-state index contributed by atoms with van der Waals surface area (Å²) < 4.78 is 5.70. The molecule has 1 heterocycles. The van der Waals surface area contributed by atoms with Crippen molar-refractivity contribution in [2.24, 2.45) is 0 Å². The van der Waals surface area contributed by atoms with Crippen molar-refractivity contribution in [2.45, 2.75) is 46.2 Å². The van der Waals surface area contributed by atoms with Crippen molar-refractivity contribution in [1.82, 2.24) is 5.32 Å². The molecule has 4 heteroatoms. The number of rotatable bonds is 7. The zero-order valence-corrected chi connectivity index (χ0v) is 16.5. The third-order valence-electron chi connectivity index (χ3n) is 5.30. The molecule has 0 bridgehead atoms. The molecule has 1 amide bonds. The third-order valence-corrected chi connectivity index (χ3v) is 5.30. The van der Waals surface area contributed by atoms with Gasteiger partial charge in [0, 0.05) is 12.1 Å². The third kappa shape index (κ3) is 5.83. The fourth-order valence-corrected chi connectivity index (χ4v) is 3.65. The average molecular weight is 368 g/mol. The van der Waals surface area contributed by atoms with Crippen molar-refractivity contribution in [3.8, 4) is 5.75 Å². The molecule has 1 fully saturated rings. The van der Waals surface area contributed by atoms with E-state index in [4.69, 9.17) is 4.74 Å². The molecule has 4 nitrogen and oxygen atoms in total. The number of nitrogens with one attached hydrogen (secondary N) is 2. The van der Waals surface area contributed by atoms with Crippen LogP contribution in [0.3, 0.4) is 0 Å². The minimum absolute atomic E-state index is 0.0455. The second-order valence-corrected chi connectivity index (χ2v) is 7.59. The summed E-state index contributed by atoms with van der Waals surface area (Å²) in [7, 11) is 0. The van der Waals surface area contributed by atoms with E-state index in [1.54, 1.807) is 4.90 Å². The van der Waals surface area contributed by atoms with Crippen molar-refractivity contribution in [2.75, 3.05) is 19.7 Å². The van der Waals surface area contributed by atoms with Crippen LogP contribution in [0.1, 0.15) is 41.5 Å². The van der Waals surface area contributed by atoms with E-state index in [0.717, 1.165) is 23.4 Å². The Morgan fingerprint density at radius 3 is 2.56 bits per heavy atom. The van der Waals surface area contributed by atoms with Crippen LogP contribution in [-0.4, -0.2) is 25.6 Å². The standard InChI is InChI=1S/C23H30N2O2/c1-18-10-11-19(2)22(14-18)27-17-23(26)24-15-20-8-4-5-9-21(20)16-25-12-6-3-7-13-25/h4-5,8-11,14H,3,6-7,12-13,15-17H2,1-2H3,(H,24,26)/p+1. The SMILES string of the molecule is Cc1ccc(C)c(OCC(=O)NCc2ccccc2C[NH+]2CCCCC2)c1. The highest BCUT2D eigenvalue weighted by molar-refractivity contribution is 5.77. The normalized spacial score (nSPS) is 14.7. The zero-order valence-electron chi connectivity index (χ0n) is 16.5. The van der Waals surface area contributed by atoms with Crippen molar-refractivity contribution in [3.63, 3.8) is 0 Å². The van der Waals surface area contributed by atoms with Gasteiger partial charge >= 0.3 is 0 Å². The van der Waals surface area contributed by atoms with Crippen LogP contribution in [0, 0.1) is 13.8 Å². The number of amides is 1. The smallest absolute Gasteiger partial charge is 0.258 e. The number of carbonyl (C=O) groups excluding carboxylic acids is 1. The van der Waals surface area contributed by atoms with Gasteiger partial charge in [0.25, 0.3) is 5.91 Å². The van der Waals surface area contributed by atoms with E-state index in [0.29, 0.717) is 6.54 Å². The minimum Gasteiger partial charge on any atom is -0.483 e. The summed E-state index contributed by atoms with van der Waals surface area (Å²) in [6.45, 7) is 8.17. The molecule has 3 rings (SSSR count). The summed E-state index contributed by atoms with van der Waals surface area (Å²) in [4.78, 5) is 13.9. The number of likely N-dealkylation sites (tertiary alicyclic amines) is 1. The molecular weight excluding hydrogens is 336 g/mol. The fraction of sp³-hybridized carbons (Fsp3) is 0.435. The van der Waals surface area contributed by atoms with Crippen LogP contribution in [0.5, 0.6) is 5.75 Å². The quantitative estimate of drug-likeness (QED) is 0.790. The Kier molecular flexibility index (Phi) is 6.88. The highest BCUT2D eigenvalue weighted by atomic mass is 16.5. The monoisotopic (exact) mass is 367 g/mol. The van der Waals surface area contributed by atoms with Crippen molar-refractivity contribution < 1.29 is 14.4 Å². The molecule has 1 aliphatic rings. The van der Waals surface area contributed by atoms with Crippen LogP contribution >= 0.6 is 0 Å². The van der Waals surface area contributed by atoms with Gasteiger partial charge in [-0.1, -0.05) is 36.4 Å². The van der Waals surface area contributed by atoms with Gasteiger partial charge in [-0.2, -0.15) is 0 Å². The lowest BCUT2D eigenvalue weighted by Gasteiger charge is -2.24. The van der Waals surface area contributed by atoms with Gasteiger partial charge in [-0.25, -0.2) is 0 Å². The first-order chi connectivity index (χ1) is 13.1. The second kappa shape index (κ2) is 9.56. The zero-order chi connectivity index (χ0) is 19.1. The van der Waals surface area contributed by atoms with Crippen molar-refractivity contribution in [3.05, 3.63) is 64.7 Å². The number of quaternary nitrogens is 1. The fourth-order valence-electron chi connectivity index (χ4n) is 3.65. The lowest BCUT2D eigenvalue weighted by Crippen LogP contribution is -3.11. The molecule has 0 aromatic heterocycles. The largest absolute Gasteiger partial charge is 0.483 e. The lowest BCUT2D eigenvalue weighted by molar-refractivity contribution is -0.918. The maximum atomic E-state index is 12.2. The minimum atomic E-state index is -0.0870. The van der Waals surface area contributed by atoms with Crippen LogP contribution in [0.4, 0.5) is 0 Å². The van der Waals surface area contributed by atoms with E-state index >= 15 is 0 Å². The number of hydrogen-bond donors (Lipinski definition) is 2. The Balaban J connectivity index is 1.52. The van der Waals surface area contributed by atoms with Gasteiger partial charge in [-0.15, -0.1) is 0 Å². The first-order valence-electron chi connectivity index (χ1n) is 9.99. The molecular formula is C23H31N2O2+. The summed E-state index contributed by atoms with van der Waals surface area (Å²) in [5.74, 6) is 0.690. The van der Waals surface area contributed by atoms with E-state index < -0.39 is 0 Å². The van der Waals surface area contributed by atoms with Gasteiger partial charge in [-0.05, 0) is 55.9 Å². The van der Waals surface area contributed by atoms with Gasteiger partial charge in [0.2, 0.25) is 0 Å². The predicted octanol–water partition coefficient (Wildman–Crippen LogP) is 2.57. The topological polar surface area (TPSA) is 42.8 Å². The molecule has 0 aliphatic carbocycles. The van der Waals surface area contributed by atoms with E-state index in [2.05, 4.69) is 23.5 Å². The van der Waals surface area contributed by atoms with Crippen LogP contribution < -0.4 is 15.0 Å².